The lowest BCUT2D eigenvalue weighted by Crippen LogP contribution is -2.30. The maximum absolute atomic E-state index is 4.91. The Kier molecular flexibility index (Phi) is 3.58. The highest BCUT2D eigenvalue weighted by atomic mass is 79.9. The Morgan fingerprint density at radius 2 is 2.26 bits per heavy atom. The average molecular weight is 357 g/mol. The van der Waals surface area contributed by atoms with E-state index in [2.05, 4.69) is 53.6 Å². The molecular weight excluding hydrogens is 340 g/mol. The number of hydrogen-bond acceptors (Lipinski definition) is 4. The molecule has 5 heteroatoms. The van der Waals surface area contributed by atoms with Gasteiger partial charge in [-0.2, -0.15) is 0 Å². The average Bonchev–Trinajstić information content (AvgIpc) is 2.92. The molecule has 3 rings (SSSR count). The summed E-state index contributed by atoms with van der Waals surface area (Å²) in [6.45, 7) is 4.67. The van der Waals surface area contributed by atoms with Crippen molar-refractivity contribution in [3.63, 3.8) is 0 Å². The van der Waals surface area contributed by atoms with Crippen LogP contribution in [0.3, 0.4) is 0 Å². The van der Waals surface area contributed by atoms with Crippen LogP contribution in [0.2, 0.25) is 0 Å². The van der Waals surface area contributed by atoms with Crippen LogP contribution >= 0.6 is 38.6 Å². The molecule has 1 N–H and O–H groups in total. The normalized spacial score (nSPS) is 21.4. The Morgan fingerprint density at radius 1 is 1.47 bits per heavy atom. The van der Waals surface area contributed by atoms with Crippen LogP contribution in [0, 0.1) is 5.41 Å². The topological polar surface area (TPSA) is 24.9 Å². The van der Waals surface area contributed by atoms with Crippen LogP contribution in [0.1, 0.15) is 36.9 Å². The summed E-state index contributed by atoms with van der Waals surface area (Å²) < 4.78 is 1.16. The highest BCUT2D eigenvalue weighted by Crippen LogP contribution is 2.46. The molecule has 2 nitrogen and oxygen atoms in total. The predicted molar refractivity (Wildman–Crippen MR) is 87.0 cm³/mol. The monoisotopic (exact) mass is 356 g/mol. The predicted octanol–water partition coefficient (Wildman–Crippen LogP) is 4.87. The Morgan fingerprint density at radius 3 is 2.89 bits per heavy atom. The summed E-state index contributed by atoms with van der Waals surface area (Å²) in [4.78, 5) is 7.59. The van der Waals surface area contributed by atoms with Crippen LogP contribution < -0.4 is 5.32 Å². The summed E-state index contributed by atoms with van der Waals surface area (Å²) in [5.74, 6) is 0. The number of nitrogens with zero attached hydrogens (tertiary/aromatic N) is 1. The molecule has 0 saturated heterocycles. The van der Waals surface area contributed by atoms with Crippen LogP contribution in [0.25, 0.3) is 9.88 Å². The van der Waals surface area contributed by atoms with Gasteiger partial charge < -0.3 is 5.32 Å². The first-order valence-corrected chi connectivity index (χ1v) is 8.89. The van der Waals surface area contributed by atoms with Gasteiger partial charge in [0.2, 0.25) is 0 Å². The molecule has 102 valence electrons. The van der Waals surface area contributed by atoms with Crippen LogP contribution in [-0.2, 0) is 6.42 Å². The van der Waals surface area contributed by atoms with E-state index in [4.69, 9.17) is 4.98 Å². The van der Waals surface area contributed by atoms with E-state index in [1.54, 1.807) is 11.3 Å². The summed E-state index contributed by atoms with van der Waals surface area (Å²) in [5.41, 5.74) is 1.62. The second-order valence-corrected chi connectivity index (χ2v) is 8.62. The first-order chi connectivity index (χ1) is 9.00. The maximum Gasteiger partial charge on any atom is 0.135 e. The van der Waals surface area contributed by atoms with Gasteiger partial charge in [-0.1, -0.05) is 13.8 Å². The van der Waals surface area contributed by atoms with E-state index < -0.39 is 0 Å². The van der Waals surface area contributed by atoms with Crippen LogP contribution in [-0.4, -0.2) is 12.0 Å². The number of fused-ring (bicyclic) bond motifs is 1. The Hall–Kier alpha value is -0.230. The van der Waals surface area contributed by atoms with E-state index in [1.165, 1.54) is 21.9 Å². The van der Waals surface area contributed by atoms with Crippen molar-refractivity contribution in [3.8, 4) is 9.88 Å². The molecule has 2 heterocycles. The van der Waals surface area contributed by atoms with Gasteiger partial charge in [0.15, 0.2) is 0 Å². The van der Waals surface area contributed by atoms with Crippen molar-refractivity contribution >= 4 is 38.6 Å². The number of thiophene rings is 1. The lowest BCUT2D eigenvalue weighted by atomic mass is 9.76. The highest BCUT2D eigenvalue weighted by molar-refractivity contribution is 9.10. The number of nitrogens with one attached hydrogen (secondary N) is 1. The number of hydrogen-bond donors (Lipinski definition) is 1. The SMILES string of the molecule is CNC1CC(C)(C)Cc2nc(-c3sccc3Br)sc21. The minimum Gasteiger partial charge on any atom is -0.312 e. The molecule has 1 unspecified atom stereocenters. The van der Waals surface area contributed by atoms with E-state index >= 15 is 0 Å². The quantitative estimate of drug-likeness (QED) is 0.830. The standard InChI is InChI=1S/C14H17BrN2S2/c1-14(2)6-9(16-3)12-10(7-14)17-13(19-12)11-8(15)4-5-18-11/h4-5,9,16H,6-7H2,1-3H3. The van der Waals surface area contributed by atoms with Gasteiger partial charge in [0, 0.05) is 15.4 Å². The molecule has 2 aromatic heterocycles. The molecule has 0 spiro atoms. The molecule has 0 amide bonds. The number of halogens is 1. The van der Waals surface area contributed by atoms with Crippen LogP contribution in [0.5, 0.6) is 0 Å². The third-order valence-corrected chi connectivity index (χ3v) is 6.81. The minimum absolute atomic E-state index is 0.332. The number of rotatable bonds is 2. The molecule has 0 saturated carbocycles. The molecular formula is C14H17BrN2S2. The highest BCUT2D eigenvalue weighted by Gasteiger charge is 2.34. The second-order valence-electron chi connectivity index (χ2n) is 5.81. The summed E-state index contributed by atoms with van der Waals surface area (Å²) in [6, 6.07) is 2.55. The molecule has 19 heavy (non-hydrogen) atoms. The molecule has 0 radical (unpaired) electrons. The Labute approximate surface area is 130 Å². The van der Waals surface area contributed by atoms with Crippen LogP contribution in [0.15, 0.2) is 15.9 Å². The molecule has 0 aromatic carbocycles. The van der Waals surface area contributed by atoms with Gasteiger partial charge in [0.1, 0.15) is 5.01 Å². The van der Waals surface area contributed by atoms with Crippen molar-refractivity contribution in [2.45, 2.75) is 32.7 Å². The van der Waals surface area contributed by atoms with Gasteiger partial charge in [-0.25, -0.2) is 4.98 Å². The zero-order chi connectivity index (χ0) is 13.6. The van der Waals surface area contributed by atoms with E-state index in [1.807, 2.05) is 11.3 Å². The number of thiazole rings is 1. The maximum atomic E-state index is 4.91. The van der Waals surface area contributed by atoms with Gasteiger partial charge in [0.05, 0.1) is 10.6 Å². The van der Waals surface area contributed by atoms with E-state index in [9.17, 15) is 0 Å². The van der Waals surface area contributed by atoms with Gasteiger partial charge in [-0.15, -0.1) is 22.7 Å². The first-order valence-electron chi connectivity index (χ1n) is 6.40. The van der Waals surface area contributed by atoms with Gasteiger partial charge in [-0.05, 0) is 52.7 Å². The third kappa shape index (κ3) is 2.53. The van der Waals surface area contributed by atoms with Gasteiger partial charge in [-0.3, -0.25) is 0 Å². The molecule has 1 aliphatic rings. The summed E-state index contributed by atoms with van der Waals surface area (Å²) in [7, 11) is 2.05. The van der Waals surface area contributed by atoms with Crippen molar-refractivity contribution in [3.05, 3.63) is 26.5 Å². The Balaban J connectivity index is 2.05. The lowest BCUT2D eigenvalue weighted by Gasteiger charge is -2.34. The van der Waals surface area contributed by atoms with Crippen molar-refractivity contribution in [2.24, 2.45) is 5.41 Å². The zero-order valence-corrected chi connectivity index (χ0v) is 14.5. The van der Waals surface area contributed by atoms with E-state index in [0.29, 0.717) is 11.5 Å². The van der Waals surface area contributed by atoms with Gasteiger partial charge >= 0.3 is 0 Å². The summed E-state index contributed by atoms with van der Waals surface area (Å²) in [5, 5.41) is 6.72. The largest absolute Gasteiger partial charge is 0.312 e. The third-order valence-electron chi connectivity index (χ3n) is 3.61. The lowest BCUT2D eigenvalue weighted by molar-refractivity contribution is 0.265. The fourth-order valence-corrected chi connectivity index (χ4v) is 5.70. The fraction of sp³-hybridized carbons (Fsp3) is 0.500. The van der Waals surface area contributed by atoms with Crippen molar-refractivity contribution in [1.29, 1.82) is 0 Å². The summed E-state index contributed by atoms with van der Waals surface area (Å²) >= 11 is 7.22. The Bertz CT molecular complexity index is 600. The fourth-order valence-electron chi connectivity index (χ4n) is 2.71. The molecule has 2 aromatic rings. The van der Waals surface area contributed by atoms with Crippen molar-refractivity contribution < 1.29 is 0 Å². The molecule has 1 atom stereocenters. The smallest absolute Gasteiger partial charge is 0.135 e. The van der Waals surface area contributed by atoms with E-state index in [0.717, 1.165) is 15.9 Å². The molecule has 0 fully saturated rings. The minimum atomic E-state index is 0.332. The van der Waals surface area contributed by atoms with Crippen LogP contribution in [0.4, 0.5) is 0 Å². The molecule has 0 aliphatic heterocycles. The molecule has 1 aliphatic carbocycles. The first kappa shape index (κ1) is 13.7. The van der Waals surface area contributed by atoms with E-state index in [-0.39, 0.29) is 0 Å². The summed E-state index contributed by atoms with van der Waals surface area (Å²) in [6.07, 6.45) is 2.27. The van der Waals surface area contributed by atoms with Crippen molar-refractivity contribution in [1.82, 2.24) is 10.3 Å². The zero-order valence-electron chi connectivity index (χ0n) is 11.3. The van der Waals surface area contributed by atoms with Crippen molar-refractivity contribution in [2.75, 3.05) is 7.05 Å². The van der Waals surface area contributed by atoms with Gasteiger partial charge in [0.25, 0.3) is 0 Å². The number of aromatic nitrogens is 1. The molecule has 0 bridgehead atoms. The second kappa shape index (κ2) is 4.95.